The standard InChI is InChI=1S/C31H37NO12/c1-14-8-10-30-24-18-6-7-20(40-5)25(24)44-26(30)21(9-11-31(30,39)19(14)12-18)43-23(34)13-22(42-17(4)33)29(38)41-16(3)27(35)32-15(2)28(36)37/h6-7,9,14-16,19,22,26,39H,8,10-13H2,1-5H3,(H,32,35)(H,36,37)/t14?,15-,16-,19-,22-,26-,30-,31+/m0/s1. The normalized spacial score (nSPS) is 29.4. The zero-order valence-electron chi connectivity index (χ0n) is 25.2. The van der Waals surface area contributed by atoms with Crippen LogP contribution < -0.4 is 14.8 Å². The van der Waals surface area contributed by atoms with E-state index in [1.165, 1.54) is 21.0 Å². The predicted molar refractivity (Wildman–Crippen MR) is 149 cm³/mol. The number of carbonyl (C=O) groups excluding carboxylic acids is 4. The van der Waals surface area contributed by atoms with Crippen molar-refractivity contribution in [3.63, 3.8) is 0 Å². The molecule has 1 aliphatic heterocycles. The number of aliphatic hydroxyl groups is 1. The molecule has 1 heterocycles. The molecule has 1 unspecified atom stereocenters. The number of benzene rings is 1. The lowest BCUT2D eigenvalue weighted by molar-refractivity contribution is -0.177. The summed E-state index contributed by atoms with van der Waals surface area (Å²) < 4.78 is 27.9. The Morgan fingerprint density at radius 1 is 1.16 bits per heavy atom. The van der Waals surface area contributed by atoms with Crippen LogP contribution in [0.4, 0.5) is 0 Å². The number of methoxy groups -OCH3 is 1. The SMILES string of the molecule is COc1ccc2c3c1O[C@H]1C(OC(=O)C[C@H](OC(C)=O)C(=O)O[C@@H](C)C(=O)N[C@@H](C)C(=O)O)=CC[C@@]4(O)[C@@H](C2)C(C)CC[C@]314. The number of rotatable bonds is 10. The van der Waals surface area contributed by atoms with Gasteiger partial charge in [0.1, 0.15) is 11.8 Å². The molecule has 1 spiro atoms. The van der Waals surface area contributed by atoms with Crippen LogP contribution in [-0.4, -0.2) is 77.1 Å². The van der Waals surface area contributed by atoms with Crippen molar-refractivity contribution >= 4 is 29.8 Å². The van der Waals surface area contributed by atoms with Gasteiger partial charge in [0.2, 0.25) is 6.10 Å². The van der Waals surface area contributed by atoms with Crippen molar-refractivity contribution in [3.05, 3.63) is 35.1 Å². The molecule has 1 aromatic carbocycles. The Hall–Kier alpha value is -4.13. The second-order valence-electron chi connectivity index (χ2n) is 12.1. The van der Waals surface area contributed by atoms with Crippen molar-refractivity contribution in [2.24, 2.45) is 11.8 Å². The zero-order valence-corrected chi connectivity index (χ0v) is 25.2. The van der Waals surface area contributed by atoms with Crippen LogP contribution in [0.15, 0.2) is 24.0 Å². The van der Waals surface area contributed by atoms with E-state index in [9.17, 15) is 29.1 Å². The van der Waals surface area contributed by atoms with Crippen molar-refractivity contribution in [1.29, 1.82) is 0 Å². The number of hydrogen-bond donors (Lipinski definition) is 3. The van der Waals surface area contributed by atoms with Crippen LogP contribution in [-0.2, 0) is 50.0 Å². The first-order chi connectivity index (χ1) is 20.7. The number of hydrogen-bond acceptors (Lipinski definition) is 11. The molecule has 1 fully saturated rings. The topological polar surface area (TPSA) is 184 Å². The summed E-state index contributed by atoms with van der Waals surface area (Å²) in [6.07, 6.45) is -0.790. The van der Waals surface area contributed by atoms with Crippen LogP contribution in [0, 0.1) is 11.8 Å². The van der Waals surface area contributed by atoms with Crippen LogP contribution in [0.25, 0.3) is 0 Å². The summed E-state index contributed by atoms with van der Waals surface area (Å²) in [6, 6.07) is 2.59. The fraction of sp³-hybridized carbons (Fsp3) is 0.581. The van der Waals surface area contributed by atoms with Gasteiger partial charge in [-0.05, 0) is 69.1 Å². The van der Waals surface area contributed by atoms with Crippen molar-refractivity contribution in [2.45, 2.75) is 95.2 Å². The van der Waals surface area contributed by atoms with Gasteiger partial charge in [-0.1, -0.05) is 13.0 Å². The van der Waals surface area contributed by atoms with Gasteiger partial charge in [0, 0.05) is 12.5 Å². The fourth-order valence-electron chi connectivity index (χ4n) is 7.36. The Bertz CT molecular complexity index is 1440. The Morgan fingerprint density at radius 3 is 2.55 bits per heavy atom. The largest absolute Gasteiger partial charge is 0.493 e. The average molecular weight is 616 g/mol. The van der Waals surface area contributed by atoms with Gasteiger partial charge in [-0.3, -0.25) is 19.2 Å². The average Bonchev–Trinajstić information content (AvgIpc) is 3.31. The molecular weight excluding hydrogens is 578 g/mol. The number of ether oxygens (including phenoxy) is 5. The van der Waals surface area contributed by atoms with E-state index in [4.69, 9.17) is 28.8 Å². The summed E-state index contributed by atoms with van der Waals surface area (Å²) in [5.41, 5.74) is -0.0871. The third-order valence-corrected chi connectivity index (χ3v) is 9.48. The Kier molecular flexibility index (Phi) is 8.12. The molecular formula is C31H37NO12. The number of carboxylic acids is 1. The van der Waals surface area contributed by atoms with Gasteiger partial charge < -0.3 is 39.2 Å². The number of aliphatic carboxylic acids is 1. The number of nitrogens with one attached hydrogen (secondary N) is 1. The molecule has 44 heavy (non-hydrogen) atoms. The molecule has 0 radical (unpaired) electrons. The summed E-state index contributed by atoms with van der Waals surface area (Å²) in [4.78, 5) is 61.1. The highest BCUT2D eigenvalue weighted by molar-refractivity contribution is 5.89. The maximum absolute atomic E-state index is 13.2. The first kappa shape index (κ1) is 31.3. The first-order valence-corrected chi connectivity index (χ1v) is 14.6. The summed E-state index contributed by atoms with van der Waals surface area (Å²) in [5.74, 6) is -3.77. The molecule has 0 aromatic heterocycles. The van der Waals surface area contributed by atoms with E-state index in [2.05, 4.69) is 12.2 Å². The number of amides is 1. The highest BCUT2D eigenvalue weighted by Gasteiger charge is 2.72. The molecule has 13 heteroatoms. The number of esters is 3. The van der Waals surface area contributed by atoms with Crippen molar-refractivity contribution in [1.82, 2.24) is 5.32 Å². The second-order valence-corrected chi connectivity index (χ2v) is 12.1. The third-order valence-electron chi connectivity index (χ3n) is 9.48. The molecule has 3 N–H and O–H groups in total. The van der Waals surface area contributed by atoms with E-state index >= 15 is 0 Å². The highest BCUT2D eigenvalue weighted by Crippen LogP contribution is 2.68. The Morgan fingerprint density at radius 2 is 1.89 bits per heavy atom. The predicted octanol–water partition coefficient (Wildman–Crippen LogP) is 1.70. The van der Waals surface area contributed by atoms with Crippen LogP contribution in [0.2, 0.25) is 0 Å². The quantitative estimate of drug-likeness (QED) is 0.256. The number of carboxylic acid groups (broad SMARTS) is 1. The second kappa shape index (κ2) is 11.4. The van der Waals surface area contributed by atoms with Crippen LogP contribution in [0.1, 0.15) is 64.5 Å². The van der Waals surface area contributed by atoms with E-state index in [0.717, 1.165) is 24.5 Å². The maximum Gasteiger partial charge on any atom is 0.348 e. The monoisotopic (exact) mass is 615 g/mol. The lowest BCUT2D eigenvalue weighted by Crippen LogP contribution is -2.69. The summed E-state index contributed by atoms with van der Waals surface area (Å²) in [7, 11) is 1.53. The molecule has 13 nitrogen and oxygen atoms in total. The third kappa shape index (κ3) is 4.96. The van der Waals surface area contributed by atoms with Gasteiger partial charge in [0.15, 0.2) is 23.7 Å². The molecule has 3 aliphatic carbocycles. The molecule has 5 rings (SSSR count). The van der Waals surface area contributed by atoms with Crippen molar-refractivity contribution in [3.8, 4) is 11.5 Å². The van der Waals surface area contributed by atoms with Gasteiger partial charge in [0.05, 0.1) is 24.5 Å². The molecule has 2 bridgehead atoms. The Balaban J connectivity index is 1.36. The van der Waals surface area contributed by atoms with Crippen molar-refractivity contribution in [2.75, 3.05) is 7.11 Å². The smallest absolute Gasteiger partial charge is 0.348 e. The van der Waals surface area contributed by atoms with Crippen LogP contribution >= 0.6 is 0 Å². The highest BCUT2D eigenvalue weighted by atomic mass is 16.6. The van der Waals surface area contributed by atoms with Gasteiger partial charge in [-0.25, -0.2) is 4.79 Å². The van der Waals surface area contributed by atoms with E-state index in [1.54, 1.807) is 6.08 Å². The van der Waals surface area contributed by atoms with Crippen molar-refractivity contribution < 1.29 is 57.9 Å². The van der Waals surface area contributed by atoms with E-state index in [1.807, 2.05) is 12.1 Å². The van der Waals surface area contributed by atoms with Gasteiger partial charge >= 0.3 is 23.9 Å². The lowest BCUT2D eigenvalue weighted by Gasteiger charge is -2.61. The van der Waals surface area contributed by atoms with Crippen LogP contribution in [0.5, 0.6) is 11.5 Å². The van der Waals surface area contributed by atoms with Gasteiger partial charge in [-0.15, -0.1) is 0 Å². The molecule has 1 saturated carbocycles. The number of carbonyl (C=O) groups is 5. The summed E-state index contributed by atoms with van der Waals surface area (Å²) in [5, 5.41) is 23.5. The maximum atomic E-state index is 13.2. The molecule has 1 aromatic rings. The minimum Gasteiger partial charge on any atom is -0.493 e. The first-order valence-electron chi connectivity index (χ1n) is 14.6. The molecule has 8 atom stereocenters. The molecule has 0 saturated heterocycles. The lowest BCUT2D eigenvalue weighted by atomic mass is 9.45. The van der Waals surface area contributed by atoms with E-state index in [-0.39, 0.29) is 24.0 Å². The summed E-state index contributed by atoms with van der Waals surface area (Å²) in [6.45, 7) is 5.62. The minimum absolute atomic E-state index is 0.0384. The van der Waals surface area contributed by atoms with E-state index in [0.29, 0.717) is 24.3 Å². The van der Waals surface area contributed by atoms with Gasteiger partial charge in [0.25, 0.3) is 5.91 Å². The molecule has 1 amide bonds. The minimum atomic E-state index is -1.74. The van der Waals surface area contributed by atoms with E-state index < -0.39 is 71.6 Å². The summed E-state index contributed by atoms with van der Waals surface area (Å²) >= 11 is 0. The Labute approximate surface area is 253 Å². The van der Waals surface area contributed by atoms with Gasteiger partial charge in [-0.2, -0.15) is 0 Å². The molecule has 238 valence electrons. The fourth-order valence-corrected chi connectivity index (χ4v) is 7.36. The zero-order chi connectivity index (χ0) is 32.1. The van der Waals surface area contributed by atoms with Crippen LogP contribution in [0.3, 0.4) is 0 Å². The molecule has 4 aliphatic rings.